The highest BCUT2D eigenvalue weighted by Gasteiger charge is 2.13. The highest BCUT2D eigenvalue weighted by molar-refractivity contribution is 5.95. The van der Waals surface area contributed by atoms with Gasteiger partial charge in [-0.25, -0.2) is 0 Å². The summed E-state index contributed by atoms with van der Waals surface area (Å²) in [5.74, 6) is 0.217. The summed E-state index contributed by atoms with van der Waals surface area (Å²) in [6.07, 6.45) is 3.13. The molecule has 0 aromatic heterocycles. The van der Waals surface area contributed by atoms with Crippen LogP contribution in [0.5, 0.6) is 5.75 Å². The van der Waals surface area contributed by atoms with Gasteiger partial charge in [-0.15, -0.1) is 0 Å². The Labute approximate surface area is 154 Å². The molecule has 0 saturated heterocycles. The van der Waals surface area contributed by atoms with E-state index in [-0.39, 0.29) is 11.8 Å². The first kappa shape index (κ1) is 19.2. The van der Waals surface area contributed by atoms with E-state index in [0.717, 1.165) is 16.9 Å². The van der Waals surface area contributed by atoms with Crippen molar-refractivity contribution in [1.29, 1.82) is 0 Å². The van der Waals surface area contributed by atoms with Crippen molar-refractivity contribution in [2.45, 2.75) is 26.4 Å². The molecule has 2 rings (SSSR count). The van der Waals surface area contributed by atoms with Gasteiger partial charge in [0.05, 0.1) is 6.61 Å². The second-order valence-corrected chi connectivity index (χ2v) is 5.77. The van der Waals surface area contributed by atoms with E-state index in [1.54, 1.807) is 13.0 Å². The number of hydrogen-bond acceptors (Lipinski definition) is 3. The lowest BCUT2D eigenvalue weighted by atomic mass is 10.2. The summed E-state index contributed by atoms with van der Waals surface area (Å²) in [6.45, 7) is 4.54. The lowest BCUT2D eigenvalue weighted by molar-refractivity contribution is -0.126. The quantitative estimate of drug-likeness (QED) is 0.718. The predicted molar refractivity (Wildman–Crippen MR) is 103 cm³/mol. The molecule has 136 valence electrons. The van der Waals surface area contributed by atoms with Crippen LogP contribution in [0.1, 0.15) is 25.0 Å². The van der Waals surface area contributed by atoms with Gasteiger partial charge in [0.2, 0.25) is 11.8 Å². The van der Waals surface area contributed by atoms with Gasteiger partial charge in [-0.3, -0.25) is 9.59 Å². The van der Waals surface area contributed by atoms with Crippen molar-refractivity contribution in [2.75, 3.05) is 6.61 Å². The van der Waals surface area contributed by atoms with Crippen molar-refractivity contribution < 1.29 is 14.3 Å². The van der Waals surface area contributed by atoms with Gasteiger partial charge < -0.3 is 15.4 Å². The Morgan fingerprint density at radius 2 is 1.88 bits per heavy atom. The van der Waals surface area contributed by atoms with Crippen LogP contribution in [0.15, 0.2) is 60.7 Å². The number of amides is 2. The lowest BCUT2D eigenvalue weighted by Crippen LogP contribution is -2.44. The van der Waals surface area contributed by atoms with Crippen LogP contribution in [-0.2, 0) is 16.1 Å². The smallest absolute Gasteiger partial charge is 0.244 e. The summed E-state index contributed by atoms with van der Waals surface area (Å²) in [5.41, 5.74) is 1.86. The largest absolute Gasteiger partial charge is 0.494 e. The summed E-state index contributed by atoms with van der Waals surface area (Å²) in [5, 5.41) is 5.47. The zero-order valence-corrected chi connectivity index (χ0v) is 15.1. The molecular weight excluding hydrogens is 328 g/mol. The fraction of sp³-hybridized carbons (Fsp3) is 0.238. The summed E-state index contributed by atoms with van der Waals surface area (Å²) < 4.78 is 5.44. The van der Waals surface area contributed by atoms with Gasteiger partial charge in [0, 0.05) is 12.6 Å². The molecule has 0 heterocycles. The Morgan fingerprint density at radius 3 is 2.62 bits per heavy atom. The van der Waals surface area contributed by atoms with E-state index < -0.39 is 6.04 Å². The minimum Gasteiger partial charge on any atom is -0.494 e. The molecule has 5 heteroatoms. The Bertz CT molecular complexity index is 757. The SMILES string of the molecule is CCOc1cccc(CNC(=O)C(C)NC(=O)C=Cc2ccccc2)c1. The second kappa shape index (κ2) is 10.0. The summed E-state index contributed by atoms with van der Waals surface area (Å²) in [7, 11) is 0. The molecule has 0 aliphatic carbocycles. The average Bonchev–Trinajstić information content (AvgIpc) is 2.66. The van der Waals surface area contributed by atoms with E-state index in [4.69, 9.17) is 4.74 Å². The first-order valence-corrected chi connectivity index (χ1v) is 8.61. The molecule has 0 saturated carbocycles. The van der Waals surface area contributed by atoms with Crippen LogP contribution in [0.25, 0.3) is 6.08 Å². The zero-order chi connectivity index (χ0) is 18.8. The molecule has 5 nitrogen and oxygen atoms in total. The fourth-order valence-electron chi connectivity index (χ4n) is 2.32. The van der Waals surface area contributed by atoms with Crippen LogP contribution in [0, 0.1) is 0 Å². The number of benzene rings is 2. The van der Waals surface area contributed by atoms with Crippen molar-refractivity contribution in [3.8, 4) is 5.75 Å². The molecule has 0 bridgehead atoms. The molecule has 0 fully saturated rings. The number of carbonyl (C=O) groups is 2. The van der Waals surface area contributed by atoms with Crippen LogP contribution in [0.4, 0.5) is 0 Å². The monoisotopic (exact) mass is 352 g/mol. The van der Waals surface area contributed by atoms with Crippen molar-refractivity contribution in [2.24, 2.45) is 0 Å². The van der Waals surface area contributed by atoms with Crippen LogP contribution >= 0.6 is 0 Å². The van der Waals surface area contributed by atoms with Crippen LogP contribution in [0.3, 0.4) is 0 Å². The van der Waals surface area contributed by atoms with Gasteiger partial charge in [-0.2, -0.15) is 0 Å². The van der Waals surface area contributed by atoms with E-state index in [1.165, 1.54) is 6.08 Å². The zero-order valence-electron chi connectivity index (χ0n) is 15.1. The minimum absolute atomic E-state index is 0.242. The van der Waals surface area contributed by atoms with Gasteiger partial charge in [0.25, 0.3) is 0 Å². The molecule has 2 aromatic carbocycles. The molecule has 0 radical (unpaired) electrons. The predicted octanol–water partition coefficient (Wildman–Crippen LogP) is 2.92. The van der Waals surface area contributed by atoms with Crippen LogP contribution < -0.4 is 15.4 Å². The topological polar surface area (TPSA) is 67.4 Å². The number of hydrogen-bond donors (Lipinski definition) is 2. The summed E-state index contributed by atoms with van der Waals surface area (Å²) >= 11 is 0. The van der Waals surface area contributed by atoms with Gasteiger partial charge in [0.15, 0.2) is 0 Å². The van der Waals surface area contributed by atoms with E-state index in [9.17, 15) is 9.59 Å². The fourth-order valence-corrected chi connectivity index (χ4v) is 2.32. The number of nitrogens with one attached hydrogen (secondary N) is 2. The maximum Gasteiger partial charge on any atom is 0.244 e. The van der Waals surface area contributed by atoms with E-state index in [0.29, 0.717) is 13.2 Å². The third-order valence-electron chi connectivity index (χ3n) is 3.65. The molecule has 0 aliphatic rings. The first-order chi connectivity index (χ1) is 12.6. The molecule has 0 spiro atoms. The Morgan fingerprint density at radius 1 is 1.12 bits per heavy atom. The van der Waals surface area contributed by atoms with Crippen LogP contribution in [0.2, 0.25) is 0 Å². The number of carbonyl (C=O) groups excluding carboxylic acids is 2. The standard InChI is InChI=1S/C21H24N2O3/c1-3-26-19-11-7-10-18(14-19)15-22-21(25)16(2)23-20(24)13-12-17-8-5-4-6-9-17/h4-14,16H,3,15H2,1-2H3,(H,22,25)(H,23,24). The first-order valence-electron chi connectivity index (χ1n) is 8.61. The van der Waals surface area contributed by atoms with E-state index in [2.05, 4.69) is 10.6 Å². The summed E-state index contributed by atoms with van der Waals surface area (Å²) in [4.78, 5) is 24.1. The Hall–Kier alpha value is -3.08. The van der Waals surface area contributed by atoms with Crippen molar-refractivity contribution in [1.82, 2.24) is 10.6 Å². The average molecular weight is 352 g/mol. The van der Waals surface area contributed by atoms with Gasteiger partial charge in [-0.05, 0) is 43.2 Å². The summed E-state index contributed by atoms with van der Waals surface area (Å²) in [6, 6.07) is 16.4. The van der Waals surface area contributed by atoms with Crippen molar-refractivity contribution in [3.63, 3.8) is 0 Å². The van der Waals surface area contributed by atoms with Gasteiger partial charge in [-0.1, -0.05) is 42.5 Å². The lowest BCUT2D eigenvalue weighted by Gasteiger charge is -2.13. The maximum atomic E-state index is 12.2. The number of ether oxygens (including phenoxy) is 1. The normalized spacial score (nSPS) is 11.8. The Balaban J connectivity index is 1.80. The molecule has 0 aliphatic heterocycles. The molecule has 2 aromatic rings. The van der Waals surface area contributed by atoms with Crippen LogP contribution in [-0.4, -0.2) is 24.5 Å². The molecule has 26 heavy (non-hydrogen) atoms. The molecule has 1 atom stereocenters. The van der Waals surface area contributed by atoms with Crippen molar-refractivity contribution in [3.05, 3.63) is 71.8 Å². The van der Waals surface area contributed by atoms with E-state index in [1.807, 2.05) is 61.5 Å². The van der Waals surface area contributed by atoms with Crippen molar-refractivity contribution >= 4 is 17.9 Å². The minimum atomic E-state index is -0.627. The highest BCUT2D eigenvalue weighted by atomic mass is 16.5. The molecule has 1 unspecified atom stereocenters. The van der Waals surface area contributed by atoms with Gasteiger partial charge in [0.1, 0.15) is 11.8 Å². The van der Waals surface area contributed by atoms with E-state index >= 15 is 0 Å². The molecule has 2 amide bonds. The molecular formula is C21H24N2O3. The number of rotatable bonds is 8. The second-order valence-electron chi connectivity index (χ2n) is 5.77. The molecule has 2 N–H and O–H groups in total. The maximum absolute atomic E-state index is 12.2. The third-order valence-corrected chi connectivity index (χ3v) is 3.65. The Kier molecular flexibility index (Phi) is 7.43. The highest BCUT2D eigenvalue weighted by Crippen LogP contribution is 2.13. The third kappa shape index (κ3) is 6.43. The van der Waals surface area contributed by atoms with Gasteiger partial charge >= 0.3 is 0 Å².